The molecule has 0 amide bonds. The van der Waals surface area contributed by atoms with E-state index < -0.39 is 0 Å². The summed E-state index contributed by atoms with van der Waals surface area (Å²) in [5.74, 6) is 0.0952. The van der Waals surface area contributed by atoms with E-state index in [2.05, 4.69) is 20.5 Å². The average Bonchev–Trinajstić information content (AvgIpc) is 3.01. The van der Waals surface area contributed by atoms with Gasteiger partial charge in [0, 0.05) is 33.4 Å². The number of allylic oxidation sites excluding steroid dienone is 11. The van der Waals surface area contributed by atoms with Gasteiger partial charge in [0.05, 0.1) is 32.0 Å². The molecule has 0 aliphatic heterocycles. The third-order valence-corrected chi connectivity index (χ3v) is 10.1. The summed E-state index contributed by atoms with van der Waals surface area (Å²) in [6.45, 7) is 26.1. The van der Waals surface area contributed by atoms with Crippen molar-refractivity contribution < 1.29 is 9.59 Å². The lowest BCUT2D eigenvalue weighted by Crippen LogP contribution is -2.28. The SMILES string of the molecule is CC(/N=N/c1cc(Cl)c(-c2cc(Cl)c(/N=N/C=C3C=C(C(C)(C)C)C(=O)C(C(C)(C)C)=C3)cc2Cl)cc1Cl)=C1C=C(C(C)(C)C)C(=O)C(C(C)(C)C)=C1. The Balaban J connectivity index is 1.66. The molecule has 280 valence electrons. The van der Waals surface area contributed by atoms with Crippen molar-refractivity contribution in [3.05, 3.63) is 114 Å². The first-order valence-corrected chi connectivity index (χ1v) is 18.9. The molecule has 2 aromatic rings. The van der Waals surface area contributed by atoms with Gasteiger partial charge < -0.3 is 0 Å². The number of azo groups is 2. The van der Waals surface area contributed by atoms with Crippen LogP contribution in [0.3, 0.4) is 0 Å². The zero-order valence-corrected chi connectivity index (χ0v) is 35.8. The number of hydrogen-bond donors (Lipinski definition) is 0. The fourth-order valence-electron chi connectivity index (χ4n) is 5.77. The standard InChI is InChI=1S/C43H48Cl4N4O2/c1-23(25-16-30(42(8,9)10)39(53)31(17-25)43(11,12)13)49-51-37-21-33(45)27(19-35(37)47)26-18-34(46)36(20-32(26)44)50-48-22-24-14-28(40(2,3)4)38(52)29(15-24)41(5,6)7/h14-22H,1-13H3/b50-48+,51-49+. The van der Waals surface area contributed by atoms with E-state index >= 15 is 0 Å². The van der Waals surface area contributed by atoms with E-state index in [9.17, 15) is 9.59 Å². The van der Waals surface area contributed by atoms with Gasteiger partial charge in [-0.15, -0.1) is 10.2 Å². The number of carbonyl (C=O) groups is 2. The van der Waals surface area contributed by atoms with Crippen LogP contribution in [0.15, 0.2) is 114 Å². The molecule has 0 radical (unpaired) electrons. The van der Waals surface area contributed by atoms with E-state index in [0.717, 1.165) is 22.3 Å². The van der Waals surface area contributed by atoms with Crippen molar-refractivity contribution in [2.45, 2.75) is 90.0 Å². The molecule has 0 saturated carbocycles. The van der Waals surface area contributed by atoms with Gasteiger partial charge in [0.1, 0.15) is 11.4 Å². The minimum atomic E-state index is -0.348. The third kappa shape index (κ3) is 9.82. The minimum absolute atomic E-state index is 0.0456. The number of Topliss-reactive ketones (excluding diaryl/α,β-unsaturated/α-hetero) is 2. The molecule has 10 heteroatoms. The summed E-state index contributed by atoms with van der Waals surface area (Å²) in [7, 11) is 0. The molecule has 2 aromatic carbocycles. The smallest absolute Gasteiger partial charge is 0.186 e. The van der Waals surface area contributed by atoms with Crippen LogP contribution in [-0.2, 0) is 9.59 Å². The summed E-state index contributed by atoms with van der Waals surface area (Å²) in [5.41, 5.74) is 5.52. The molecule has 2 aliphatic carbocycles. The van der Waals surface area contributed by atoms with Gasteiger partial charge in [0.25, 0.3) is 0 Å². The Kier molecular flexibility index (Phi) is 12.3. The number of rotatable bonds is 5. The number of carbonyl (C=O) groups excluding carboxylic acids is 2. The minimum Gasteiger partial charge on any atom is -0.289 e. The van der Waals surface area contributed by atoms with Crippen molar-refractivity contribution in [1.82, 2.24) is 0 Å². The van der Waals surface area contributed by atoms with E-state index in [-0.39, 0.29) is 33.2 Å². The molecule has 0 atom stereocenters. The Morgan fingerprint density at radius 1 is 0.528 bits per heavy atom. The lowest BCUT2D eigenvalue weighted by atomic mass is 9.72. The Morgan fingerprint density at radius 2 is 0.887 bits per heavy atom. The van der Waals surface area contributed by atoms with E-state index in [4.69, 9.17) is 46.4 Å². The van der Waals surface area contributed by atoms with Crippen LogP contribution in [0.25, 0.3) is 11.1 Å². The van der Waals surface area contributed by atoms with Crippen LogP contribution in [0.4, 0.5) is 11.4 Å². The molecule has 4 rings (SSSR count). The monoisotopic (exact) mass is 792 g/mol. The molecular formula is C43H48Cl4N4O2. The lowest BCUT2D eigenvalue weighted by molar-refractivity contribution is -0.114. The summed E-state index contributed by atoms with van der Waals surface area (Å²) in [6.07, 6.45) is 9.12. The predicted octanol–water partition coefficient (Wildman–Crippen LogP) is 15.3. The van der Waals surface area contributed by atoms with Crippen molar-refractivity contribution in [3.63, 3.8) is 0 Å². The summed E-state index contributed by atoms with van der Waals surface area (Å²) in [4.78, 5) is 26.6. The topological polar surface area (TPSA) is 83.6 Å². The number of hydrogen-bond acceptors (Lipinski definition) is 6. The fourth-order valence-corrected chi connectivity index (χ4v) is 6.70. The van der Waals surface area contributed by atoms with Crippen molar-refractivity contribution in [3.8, 4) is 11.1 Å². The van der Waals surface area contributed by atoms with Crippen molar-refractivity contribution in [2.75, 3.05) is 0 Å². The first-order chi connectivity index (χ1) is 24.2. The van der Waals surface area contributed by atoms with E-state index in [1.54, 1.807) is 30.5 Å². The molecule has 0 spiro atoms. The van der Waals surface area contributed by atoms with Crippen LogP contribution in [0, 0.1) is 21.7 Å². The van der Waals surface area contributed by atoms with Gasteiger partial charge in [-0.3, -0.25) is 9.59 Å². The maximum atomic E-state index is 13.4. The highest BCUT2D eigenvalue weighted by atomic mass is 35.5. The zero-order valence-electron chi connectivity index (χ0n) is 32.8. The molecule has 0 N–H and O–H groups in total. The van der Waals surface area contributed by atoms with E-state index in [0.29, 0.717) is 59.4 Å². The van der Waals surface area contributed by atoms with Gasteiger partial charge in [-0.05, 0) is 88.3 Å². The maximum Gasteiger partial charge on any atom is 0.186 e. The fraction of sp³-hybridized carbons (Fsp3) is 0.395. The van der Waals surface area contributed by atoms with Crippen LogP contribution in [0.1, 0.15) is 90.0 Å². The van der Waals surface area contributed by atoms with Gasteiger partial charge in [-0.2, -0.15) is 10.2 Å². The molecule has 0 bridgehead atoms. The first-order valence-electron chi connectivity index (χ1n) is 17.4. The normalized spacial score (nSPS) is 16.3. The number of halogens is 4. The first kappa shape index (κ1) is 42.3. The highest BCUT2D eigenvalue weighted by molar-refractivity contribution is 6.40. The van der Waals surface area contributed by atoms with Crippen LogP contribution in [0.2, 0.25) is 20.1 Å². The molecule has 0 heterocycles. The summed E-state index contributed by atoms with van der Waals surface area (Å²) in [6, 6.07) is 6.56. The molecule has 6 nitrogen and oxygen atoms in total. The highest BCUT2D eigenvalue weighted by Crippen LogP contribution is 2.44. The quantitative estimate of drug-likeness (QED) is 0.282. The number of ketones is 2. The van der Waals surface area contributed by atoms with Gasteiger partial charge >= 0.3 is 0 Å². The lowest BCUT2D eigenvalue weighted by Gasteiger charge is -2.31. The van der Waals surface area contributed by atoms with Crippen molar-refractivity contribution >= 4 is 69.3 Å². The maximum absolute atomic E-state index is 13.4. The van der Waals surface area contributed by atoms with Crippen LogP contribution in [-0.4, -0.2) is 11.6 Å². The summed E-state index contributed by atoms with van der Waals surface area (Å²) < 4.78 is 0. The zero-order chi connectivity index (χ0) is 40.0. The van der Waals surface area contributed by atoms with Crippen molar-refractivity contribution in [2.24, 2.45) is 42.1 Å². The molecule has 53 heavy (non-hydrogen) atoms. The second-order valence-electron chi connectivity index (χ2n) is 17.5. The van der Waals surface area contributed by atoms with Crippen LogP contribution < -0.4 is 0 Å². The van der Waals surface area contributed by atoms with Gasteiger partial charge in [-0.1, -0.05) is 129 Å². The van der Waals surface area contributed by atoms with Crippen LogP contribution in [0.5, 0.6) is 0 Å². The average molecular weight is 795 g/mol. The second kappa shape index (κ2) is 15.4. The van der Waals surface area contributed by atoms with E-state index in [1.165, 1.54) is 0 Å². The molecule has 2 aliphatic rings. The van der Waals surface area contributed by atoms with Crippen LogP contribution >= 0.6 is 46.4 Å². The Morgan fingerprint density at radius 3 is 1.26 bits per heavy atom. The van der Waals surface area contributed by atoms with Crippen molar-refractivity contribution in [1.29, 1.82) is 0 Å². The highest BCUT2D eigenvalue weighted by Gasteiger charge is 2.35. The largest absolute Gasteiger partial charge is 0.289 e. The Hall–Kier alpha value is -3.42. The third-order valence-electron chi connectivity index (χ3n) is 8.89. The Labute approximate surface area is 334 Å². The van der Waals surface area contributed by atoms with Gasteiger partial charge in [0.15, 0.2) is 11.6 Å². The Bertz CT molecular complexity index is 2060. The summed E-state index contributed by atoms with van der Waals surface area (Å²) >= 11 is 26.9. The molecule has 0 saturated heterocycles. The van der Waals surface area contributed by atoms with Gasteiger partial charge in [0.2, 0.25) is 0 Å². The second-order valence-corrected chi connectivity index (χ2v) is 19.2. The summed E-state index contributed by atoms with van der Waals surface area (Å²) in [5, 5.41) is 18.8. The number of nitrogens with zero attached hydrogens (tertiary/aromatic N) is 4. The molecule has 0 aromatic heterocycles. The number of benzene rings is 2. The molecular weight excluding hydrogens is 746 g/mol. The molecule has 0 fully saturated rings. The van der Waals surface area contributed by atoms with Gasteiger partial charge in [-0.25, -0.2) is 0 Å². The molecule has 0 unspecified atom stereocenters. The van der Waals surface area contributed by atoms with E-state index in [1.807, 2.05) is 114 Å². The predicted molar refractivity (Wildman–Crippen MR) is 222 cm³/mol.